The number of rotatable bonds is 10. The Hall–Kier alpha value is -2.53. The summed E-state index contributed by atoms with van der Waals surface area (Å²) in [4.78, 5) is 13.6. The standard InChI is InChI=1S/C23H30N2O3/c1-18-7-3-8-19(15-18)17-28-23-20(9-4-10-21(23)27-2)16-24-12-6-14-25-13-5-11-22(25)26/h3-4,7-10,15,24H,5-6,11-14,16-17H2,1-2H3. The Bertz CT molecular complexity index is 791. The average Bonchev–Trinajstić information content (AvgIpc) is 3.11. The molecule has 5 nitrogen and oxygen atoms in total. The third-order valence-corrected chi connectivity index (χ3v) is 5.01. The van der Waals surface area contributed by atoms with Crippen LogP contribution < -0.4 is 14.8 Å². The Morgan fingerprint density at radius 1 is 1.18 bits per heavy atom. The second kappa shape index (κ2) is 10.1. The van der Waals surface area contributed by atoms with Crippen molar-refractivity contribution >= 4 is 5.91 Å². The van der Waals surface area contributed by atoms with Gasteiger partial charge >= 0.3 is 0 Å². The second-order valence-electron chi connectivity index (χ2n) is 7.24. The lowest BCUT2D eigenvalue weighted by Crippen LogP contribution is -2.28. The zero-order chi connectivity index (χ0) is 19.8. The molecule has 0 spiro atoms. The molecule has 0 bridgehead atoms. The highest BCUT2D eigenvalue weighted by molar-refractivity contribution is 5.77. The van der Waals surface area contributed by atoms with Crippen molar-refractivity contribution in [3.05, 3.63) is 59.2 Å². The molecular weight excluding hydrogens is 352 g/mol. The summed E-state index contributed by atoms with van der Waals surface area (Å²) < 4.78 is 11.6. The van der Waals surface area contributed by atoms with Crippen molar-refractivity contribution in [2.24, 2.45) is 0 Å². The van der Waals surface area contributed by atoms with Crippen molar-refractivity contribution in [1.82, 2.24) is 10.2 Å². The lowest BCUT2D eigenvalue weighted by Gasteiger charge is -2.17. The van der Waals surface area contributed by atoms with E-state index in [0.717, 1.165) is 55.1 Å². The van der Waals surface area contributed by atoms with Crippen LogP contribution in [0.1, 0.15) is 36.0 Å². The maximum Gasteiger partial charge on any atom is 0.222 e. The fraction of sp³-hybridized carbons (Fsp3) is 0.435. The first-order valence-electron chi connectivity index (χ1n) is 10.00. The molecule has 0 aromatic heterocycles. The first kappa shape index (κ1) is 20.2. The molecule has 2 aromatic rings. The van der Waals surface area contributed by atoms with E-state index in [4.69, 9.17) is 9.47 Å². The highest BCUT2D eigenvalue weighted by Crippen LogP contribution is 2.31. The van der Waals surface area contributed by atoms with E-state index in [1.807, 2.05) is 23.1 Å². The largest absolute Gasteiger partial charge is 0.493 e. The van der Waals surface area contributed by atoms with Gasteiger partial charge in [0, 0.05) is 31.6 Å². The van der Waals surface area contributed by atoms with Gasteiger partial charge in [-0.2, -0.15) is 0 Å². The molecule has 1 amide bonds. The van der Waals surface area contributed by atoms with Crippen LogP contribution in [0.2, 0.25) is 0 Å². The molecular formula is C23H30N2O3. The van der Waals surface area contributed by atoms with Gasteiger partial charge in [0.1, 0.15) is 6.61 Å². The molecule has 0 atom stereocenters. The summed E-state index contributed by atoms with van der Waals surface area (Å²) in [5, 5.41) is 3.47. The van der Waals surface area contributed by atoms with Crippen LogP contribution in [-0.2, 0) is 17.9 Å². The topological polar surface area (TPSA) is 50.8 Å². The van der Waals surface area contributed by atoms with E-state index >= 15 is 0 Å². The molecule has 0 saturated carbocycles. The Morgan fingerprint density at radius 3 is 2.79 bits per heavy atom. The lowest BCUT2D eigenvalue weighted by atomic mass is 10.1. The van der Waals surface area contributed by atoms with Gasteiger partial charge in [-0.05, 0) is 37.9 Å². The SMILES string of the molecule is COc1cccc(CNCCCN2CCCC2=O)c1OCc1cccc(C)c1. The normalized spacial score (nSPS) is 13.8. The van der Waals surface area contributed by atoms with Gasteiger partial charge in [0.2, 0.25) is 5.91 Å². The zero-order valence-corrected chi connectivity index (χ0v) is 16.9. The molecule has 1 saturated heterocycles. The van der Waals surface area contributed by atoms with Crippen LogP contribution in [0, 0.1) is 6.92 Å². The maximum atomic E-state index is 11.7. The highest BCUT2D eigenvalue weighted by atomic mass is 16.5. The van der Waals surface area contributed by atoms with Crippen LogP contribution in [0.25, 0.3) is 0 Å². The van der Waals surface area contributed by atoms with E-state index in [1.165, 1.54) is 5.56 Å². The van der Waals surface area contributed by atoms with Gasteiger partial charge in [-0.15, -0.1) is 0 Å². The minimum atomic E-state index is 0.291. The Kier molecular flexibility index (Phi) is 7.31. The van der Waals surface area contributed by atoms with Crippen molar-refractivity contribution < 1.29 is 14.3 Å². The fourth-order valence-corrected chi connectivity index (χ4v) is 3.54. The van der Waals surface area contributed by atoms with Gasteiger partial charge in [-0.1, -0.05) is 42.0 Å². The fourth-order valence-electron chi connectivity index (χ4n) is 3.54. The first-order chi connectivity index (χ1) is 13.7. The third-order valence-electron chi connectivity index (χ3n) is 5.01. The molecule has 5 heteroatoms. The maximum absolute atomic E-state index is 11.7. The van der Waals surface area contributed by atoms with Crippen LogP contribution in [0.15, 0.2) is 42.5 Å². The average molecular weight is 383 g/mol. The van der Waals surface area contributed by atoms with Crippen LogP contribution in [0.5, 0.6) is 11.5 Å². The van der Waals surface area contributed by atoms with Crippen molar-refractivity contribution in [3.63, 3.8) is 0 Å². The van der Waals surface area contributed by atoms with Gasteiger partial charge in [0.25, 0.3) is 0 Å². The summed E-state index contributed by atoms with van der Waals surface area (Å²) in [6.45, 7) is 5.89. The number of nitrogens with one attached hydrogen (secondary N) is 1. The molecule has 0 aliphatic carbocycles. The van der Waals surface area contributed by atoms with Crippen LogP contribution in [-0.4, -0.2) is 37.6 Å². The summed E-state index contributed by atoms with van der Waals surface area (Å²) in [7, 11) is 1.67. The summed E-state index contributed by atoms with van der Waals surface area (Å²) in [5.41, 5.74) is 3.43. The molecule has 150 valence electrons. The molecule has 28 heavy (non-hydrogen) atoms. The molecule has 0 unspecified atom stereocenters. The van der Waals surface area contributed by atoms with E-state index in [0.29, 0.717) is 25.5 Å². The van der Waals surface area contributed by atoms with Crippen molar-refractivity contribution in [2.45, 2.75) is 39.3 Å². The number of para-hydroxylation sites is 1. The van der Waals surface area contributed by atoms with E-state index in [2.05, 4.69) is 36.5 Å². The van der Waals surface area contributed by atoms with Gasteiger partial charge in [0.05, 0.1) is 7.11 Å². The Balaban J connectivity index is 1.54. The number of nitrogens with zero attached hydrogens (tertiary/aromatic N) is 1. The molecule has 3 rings (SSSR count). The molecule has 1 aliphatic rings. The number of benzene rings is 2. The van der Waals surface area contributed by atoms with Gasteiger partial charge in [-0.25, -0.2) is 0 Å². The number of carbonyl (C=O) groups excluding carboxylic acids is 1. The minimum absolute atomic E-state index is 0.291. The molecule has 1 heterocycles. The van der Waals surface area contributed by atoms with Crippen molar-refractivity contribution in [3.8, 4) is 11.5 Å². The molecule has 2 aromatic carbocycles. The number of aryl methyl sites for hydroxylation is 1. The Morgan fingerprint density at radius 2 is 2.04 bits per heavy atom. The minimum Gasteiger partial charge on any atom is -0.493 e. The molecule has 1 fully saturated rings. The number of carbonyl (C=O) groups is 1. The van der Waals surface area contributed by atoms with Crippen LogP contribution in [0.4, 0.5) is 0 Å². The number of hydrogen-bond acceptors (Lipinski definition) is 4. The number of likely N-dealkylation sites (tertiary alicyclic amines) is 1. The molecule has 1 N–H and O–H groups in total. The lowest BCUT2D eigenvalue weighted by molar-refractivity contribution is -0.127. The number of ether oxygens (including phenoxy) is 2. The predicted molar refractivity (Wildman–Crippen MR) is 111 cm³/mol. The van der Waals surface area contributed by atoms with Gasteiger partial charge in [-0.3, -0.25) is 4.79 Å². The quantitative estimate of drug-likeness (QED) is 0.637. The van der Waals surface area contributed by atoms with E-state index in [9.17, 15) is 4.79 Å². The van der Waals surface area contributed by atoms with Gasteiger partial charge in [0.15, 0.2) is 11.5 Å². The molecule has 0 radical (unpaired) electrons. The molecule has 1 aliphatic heterocycles. The van der Waals surface area contributed by atoms with Crippen LogP contribution in [0.3, 0.4) is 0 Å². The van der Waals surface area contributed by atoms with E-state index in [-0.39, 0.29) is 0 Å². The zero-order valence-electron chi connectivity index (χ0n) is 16.9. The number of hydrogen-bond donors (Lipinski definition) is 1. The summed E-state index contributed by atoms with van der Waals surface area (Å²) in [6.07, 6.45) is 2.66. The number of methoxy groups -OCH3 is 1. The second-order valence-corrected chi connectivity index (χ2v) is 7.24. The van der Waals surface area contributed by atoms with E-state index < -0.39 is 0 Å². The smallest absolute Gasteiger partial charge is 0.222 e. The third kappa shape index (κ3) is 5.49. The number of amides is 1. The Labute approximate surface area is 167 Å². The summed E-state index contributed by atoms with van der Waals surface area (Å²) in [5.74, 6) is 1.82. The van der Waals surface area contributed by atoms with Gasteiger partial charge < -0.3 is 19.7 Å². The first-order valence-corrected chi connectivity index (χ1v) is 10.00. The van der Waals surface area contributed by atoms with Crippen molar-refractivity contribution in [1.29, 1.82) is 0 Å². The van der Waals surface area contributed by atoms with Crippen LogP contribution >= 0.6 is 0 Å². The van der Waals surface area contributed by atoms with Crippen molar-refractivity contribution in [2.75, 3.05) is 26.7 Å². The summed E-state index contributed by atoms with van der Waals surface area (Å²) in [6, 6.07) is 14.3. The predicted octanol–water partition coefficient (Wildman–Crippen LogP) is 3.68. The highest BCUT2D eigenvalue weighted by Gasteiger charge is 2.19. The monoisotopic (exact) mass is 382 g/mol. The van der Waals surface area contributed by atoms with E-state index in [1.54, 1.807) is 7.11 Å². The summed E-state index contributed by atoms with van der Waals surface area (Å²) >= 11 is 0.